The van der Waals surface area contributed by atoms with Gasteiger partial charge >= 0.3 is 5.97 Å². The normalized spacial score (nSPS) is 17.0. The van der Waals surface area contributed by atoms with Crippen LogP contribution in [0.1, 0.15) is 23.2 Å². The molecule has 5 nitrogen and oxygen atoms in total. The lowest BCUT2D eigenvalue weighted by Crippen LogP contribution is -2.34. The van der Waals surface area contributed by atoms with E-state index >= 15 is 0 Å². The SMILES string of the molecule is Cl.NC(=O)c1ccc2ccccc2c1OC(=O)[C@@H]1CCCN1. The highest BCUT2D eigenvalue weighted by Crippen LogP contribution is 2.30. The van der Waals surface area contributed by atoms with Crippen LogP contribution >= 0.6 is 12.4 Å². The molecule has 1 heterocycles. The van der Waals surface area contributed by atoms with E-state index in [0.29, 0.717) is 5.39 Å². The Labute approximate surface area is 134 Å². The van der Waals surface area contributed by atoms with Crippen LogP contribution in [0.2, 0.25) is 0 Å². The fourth-order valence-electron chi connectivity index (χ4n) is 2.60. The van der Waals surface area contributed by atoms with E-state index in [4.69, 9.17) is 10.5 Å². The van der Waals surface area contributed by atoms with Crippen LogP contribution in [-0.4, -0.2) is 24.5 Å². The zero-order chi connectivity index (χ0) is 14.8. The molecule has 2 aromatic rings. The fraction of sp³-hybridized carbons (Fsp3) is 0.250. The van der Waals surface area contributed by atoms with Crippen LogP contribution < -0.4 is 15.8 Å². The van der Waals surface area contributed by atoms with Gasteiger partial charge < -0.3 is 15.8 Å². The van der Waals surface area contributed by atoms with Gasteiger partial charge in [0.2, 0.25) is 0 Å². The second-order valence-electron chi connectivity index (χ2n) is 5.10. The predicted molar refractivity (Wildman–Crippen MR) is 86.4 cm³/mol. The van der Waals surface area contributed by atoms with Crippen molar-refractivity contribution in [2.24, 2.45) is 5.73 Å². The second kappa shape index (κ2) is 6.77. The number of nitrogens with one attached hydrogen (secondary N) is 1. The molecule has 0 aromatic heterocycles. The molecule has 22 heavy (non-hydrogen) atoms. The van der Waals surface area contributed by atoms with Crippen LogP contribution in [0, 0.1) is 0 Å². The van der Waals surface area contributed by atoms with Gasteiger partial charge in [-0.3, -0.25) is 4.79 Å². The van der Waals surface area contributed by atoms with Crippen LogP contribution in [0.15, 0.2) is 36.4 Å². The molecule has 3 N–H and O–H groups in total. The molecule has 2 aromatic carbocycles. The standard InChI is InChI=1S/C16H16N2O3.ClH/c17-15(19)12-8-7-10-4-1-2-5-11(10)14(12)21-16(20)13-6-3-9-18-13;/h1-2,4-5,7-8,13,18H,3,6,9H2,(H2,17,19);1H/t13-;/m0./s1. The van der Waals surface area contributed by atoms with E-state index in [2.05, 4.69) is 5.32 Å². The number of esters is 1. The van der Waals surface area contributed by atoms with Crippen molar-refractivity contribution < 1.29 is 14.3 Å². The predicted octanol–water partition coefficient (Wildman–Crippen LogP) is 2.02. The molecule has 1 atom stereocenters. The summed E-state index contributed by atoms with van der Waals surface area (Å²) in [5, 5.41) is 4.68. The molecule has 0 aliphatic carbocycles. The molecule has 0 spiro atoms. The van der Waals surface area contributed by atoms with Crippen molar-refractivity contribution in [3.63, 3.8) is 0 Å². The number of hydrogen-bond donors (Lipinski definition) is 2. The summed E-state index contributed by atoms with van der Waals surface area (Å²) in [6, 6.07) is 10.5. The minimum absolute atomic E-state index is 0. The van der Waals surface area contributed by atoms with E-state index in [1.54, 1.807) is 12.1 Å². The number of rotatable bonds is 3. The van der Waals surface area contributed by atoms with Crippen LogP contribution in [0.3, 0.4) is 0 Å². The lowest BCUT2D eigenvalue weighted by molar-refractivity contribution is -0.136. The molecule has 1 aliphatic heterocycles. The number of halogens is 1. The number of fused-ring (bicyclic) bond motifs is 1. The van der Waals surface area contributed by atoms with Crippen molar-refractivity contribution in [2.75, 3.05) is 6.54 Å². The first-order chi connectivity index (χ1) is 10.2. The Bertz CT molecular complexity index is 712. The van der Waals surface area contributed by atoms with Crippen molar-refractivity contribution in [3.05, 3.63) is 42.0 Å². The van der Waals surface area contributed by atoms with Crippen molar-refractivity contribution in [1.82, 2.24) is 5.32 Å². The van der Waals surface area contributed by atoms with Crippen LogP contribution in [-0.2, 0) is 4.79 Å². The smallest absolute Gasteiger partial charge is 0.328 e. The van der Waals surface area contributed by atoms with Gasteiger partial charge in [0.05, 0.1) is 5.56 Å². The highest BCUT2D eigenvalue weighted by Gasteiger charge is 2.26. The van der Waals surface area contributed by atoms with Gasteiger partial charge in [0, 0.05) is 5.39 Å². The van der Waals surface area contributed by atoms with Gasteiger partial charge in [-0.05, 0) is 30.8 Å². The molecule has 0 bridgehead atoms. The maximum atomic E-state index is 12.2. The van der Waals surface area contributed by atoms with E-state index < -0.39 is 5.91 Å². The zero-order valence-corrected chi connectivity index (χ0v) is 12.7. The summed E-state index contributed by atoms with van der Waals surface area (Å²) in [6.07, 6.45) is 1.69. The van der Waals surface area contributed by atoms with Crippen molar-refractivity contribution >= 4 is 35.1 Å². The number of amides is 1. The van der Waals surface area contributed by atoms with Crippen molar-refractivity contribution in [2.45, 2.75) is 18.9 Å². The van der Waals surface area contributed by atoms with Crippen LogP contribution in [0.4, 0.5) is 0 Å². The number of carbonyl (C=O) groups is 2. The molecule has 116 valence electrons. The molecule has 3 rings (SSSR count). The topological polar surface area (TPSA) is 81.4 Å². The molecule has 1 amide bonds. The first-order valence-corrected chi connectivity index (χ1v) is 6.93. The summed E-state index contributed by atoms with van der Waals surface area (Å²) < 4.78 is 5.50. The van der Waals surface area contributed by atoms with Gasteiger partial charge in [0.25, 0.3) is 5.91 Å². The fourth-order valence-corrected chi connectivity index (χ4v) is 2.60. The Morgan fingerprint density at radius 1 is 1.18 bits per heavy atom. The Kier molecular flexibility index (Phi) is 5.00. The maximum absolute atomic E-state index is 12.2. The molecular formula is C16H17ClN2O3. The average molecular weight is 321 g/mol. The Balaban J connectivity index is 0.00000176. The van der Waals surface area contributed by atoms with E-state index in [9.17, 15) is 9.59 Å². The molecule has 6 heteroatoms. The highest BCUT2D eigenvalue weighted by atomic mass is 35.5. The monoisotopic (exact) mass is 320 g/mol. The first-order valence-electron chi connectivity index (χ1n) is 6.93. The summed E-state index contributed by atoms with van der Waals surface area (Å²) in [6.45, 7) is 0.804. The molecule has 1 saturated heterocycles. The molecule has 0 radical (unpaired) electrons. The minimum atomic E-state index is -0.608. The second-order valence-corrected chi connectivity index (χ2v) is 5.10. The van der Waals surface area contributed by atoms with E-state index in [0.717, 1.165) is 24.8 Å². The van der Waals surface area contributed by atoms with Crippen molar-refractivity contribution in [1.29, 1.82) is 0 Å². The lowest BCUT2D eigenvalue weighted by atomic mass is 10.0. The van der Waals surface area contributed by atoms with E-state index in [1.807, 2.05) is 24.3 Å². The van der Waals surface area contributed by atoms with Gasteiger partial charge in [-0.2, -0.15) is 0 Å². The van der Waals surface area contributed by atoms with Gasteiger partial charge in [-0.25, -0.2) is 4.79 Å². The Hall–Kier alpha value is -2.11. The maximum Gasteiger partial charge on any atom is 0.328 e. The molecule has 0 saturated carbocycles. The summed E-state index contributed by atoms with van der Waals surface area (Å²) in [7, 11) is 0. The summed E-state index contributed by atoms with van der Waals surface area (Å²) >= 11 is 0. The molecule has 0 unspecified atom stereocenters. The number of carbonyl (C=O) groups excluding carboxylic acids is 2. The third-order valence-corrected chi connectivity index (χ3v) is 3.69. The largest absolute Gasteiger partial charge is 0.424 e. The number of nitrogens with two attached hydrogens (primary N) is 1. The lowest BCUT2D eigenvalue weighted by Gasteiger charge is -2.14. The summed E-state index contributed by atoms with van der Waals surface area (Å²) in [5.41, 5.74) is 5.61. The van der Waals surface area contributed by atoms with Crippen LogP contribution in [0.25, 0.3) is 10.8 Å². The van der Waals surface area contributed by atoms with E-state index in [1.165, 1.54) is 0 Å². The summed E-state index contributed by atoms with van der Waals surface area (Å²) in [4.78, 5) is 23.8. The van der Waals surface area contributed by atoms with Gasteiger partial charge in [0.1, 0.15) is 6.04 Å². The average Bonchev–Trinajstić information content (AvgIpc) is 3.01. The quantitative estimate of drug-likeness (QED) is 0.669. The number of ether oxygens (including phenoxy) is 1. The van der Waals surface area contributed by atoms with Gasteiger partial charge in [0.15, 0.2) is 5.75 Å². The van der Waals surface area contributed by atoms with Crippen molar-refractivity contribution in [3.8, 4) is 5.75 Å². The Morgan fingerprint density at radius 3 is 2.64 bits per heavy atom. The number of hydrogen-bond acceptors (Lipinski definition) is 4. The molecule has 1 aliphatic rings. The minimum Gasteiger partial charge on any atom is -0.424 e. The van der Waals surface area contributed by atoms with E-state index in [-0.39, 0.29) is 35.7 Å². The van der Waals surface area contributed by atoms with Gasteiger partial charge in [-0.15, -0.1) is 12.4 Å². The first kappa shape index (κ1) is 16.3. The third-order valence-electron chi connectivity index (χ3n) is 3.69. The number of benzene rings is 2. The van der Waals surface area contributed by atoms with Gasteiger partial charge in [-0.1, -0.05) is 30.3 Å². The highest BCUT2D eigenvalue weighted by molar-refractivity contribution is 6.04. The molecular weight excluding hydrogens is 304 g/mol. The Morgan fingerprint density at radius 2 is 1.95 bits per heavy atom. The molecule has 1 fully saturated rings. The third kappa shape index (κ3) is 3.05. The summed E-state index contributed by atoms with van der Waals surface area (Å²) in [5.74, 6) is -0.728. The van der Waals surface area contributed by atoms with Crippen LogP contribution in [0.5, 0.6) is 5.75 Å². The number of primary amides is 1. The zero-order valence-electron chi connectivity index (χ0n) is 11.9.